The van der Waals surface area contributed by atoms with Crippen LogP contribution in [0, 0.1) is 5.92 Å². The van der Waals surface area contributed by atoms with Crippen LogP contribution in [0.3, 0.4) is 0 Å². The molecule has 0 saturated carbocycles. The first kappa shape index (κ1) is 21.6. The minimum Gasteiger partial charge on any atom is -0.378 e. The molecule has 0 aromatic heterocycles. The maximum absolute atomic E-state index is 2.43. The van der Waals surface area contributed by atoms with Gasteiger partial charge in [0.1, 0.15) is 0 Å². The molecule has 0 heterocycles. The van der Waals surface area contributed by atoms with Gasteiger partial charge in [-0.05, 0) is 79.0 Å². The summed E-state index contributed by atoms with van der Waals surface area (Å²) in [5, 5.41) is 4.24. The normalized spacial score (nSPS) is 16.4. The lowest BCUT2D eigenvalue weighted by atomic mass is 9.91. The maximum atomic E-state index is 2.43. The quantitative estimate of drug-likeness (QED) is 0.436. The fourth-order valence-corrected chi connectivity index (χ4v) is 7.08. The minimum absolute atomic E-state index is 0.451. The molecule has 0 fully saturated rings. The molecule has 0 aliphatic heterocycles. The highest BCUT2D eigenvalue weighted by Crippen LogP contribution is 2.45. The highest BCUT2D eigenvalue weighted by molar-refractivity contribution is 7.80. The first-order valence-electron chi connectivity index (χ1n) is 11.0. The molecule has 0 amide bonds. The molecular formula is C29H32NP. The van der Waals surface area contributed by atoms with Gasteiger partial charge in [0.05, 0.1) is 0 Å². The van der Waals surface area contributed by atoms with E-state index in [1.54, 1.807) is 0 Å². The Morgan fingerprint density at radius 3 is 1.71 bits per heavy atom. The maximum Gasteiger partial charge on any atom is 0.0368 e. The van der Waals surface area contributed by atoms with E-state index < -0.39 is 7.92 Å². The van der Waals surface area contributed by atoms with E-state index >= 15 is 0 Å². The van der Waals surface area contributed by atoms with E-state index in [1.807, 2.05) is 0 Å². The summed E-state index contributed by atoms with van der Waals surface area (Å²) in [5.41, 5.74) is 8.55. The lowest BCUT2D eigenvalue weighted by molar-refractivity contribution is 0.896. The second kappa shape index (κ2) is 8.85. The van der Waals surface area contributed by atoms with E-state index in [-0.39, 0.29) is 0 Å². The molecule has 1 atom stereocenters. The summed E-state index contributed by atoms with van der Waals surface area (Å²) in [6, 6.07) is 29.1. The Balaban J connectivity index is 2.00. The van der Waals surface area contributed by atoms with Crippen LogP contribution in [0.5, 0.6) is 0 Å². The van der Waals surface area contributed by atoms with Gasteiger partial charge >= 0.3 is 0 Å². The first-order valence-corrected chi connectivity index (χ1v) is 12.3. The SMILES string of the molecule is CC1=C(C)C(C)C(c2ccc(N(C)C)cc2P(c2ccccc2)c2ccccc2)=C1C. The van der Waals surface area contributed by atoms with Crippen molar-refractivity contribution in [3.05, 3.63) is 101 Å². The molecule has 1 aliphatic carbocycles. The topological polar surface area (TPSA) is 3.24 Å². The van der Waals surface area contributed by atoms with Crippen LogP contribution in [-0.2, 0) is 0 Å². The third-order valence-electron chi connectivity index (χ3n) is 6.70. The molecule has 1 unspecified atom stereocenters. The van der Waals surface area contributed by atoms with Crippen LogP contribution in [-0.4, -0.2) is 14.1 Å². The van der Waals surface area contributed by atoms with Crippen LogP contribution in [0.15, 0.2) is 95.6 Å². The minimum atomic E-state index is -0.670. The molecule has 3 aromatic rings. The highest BCUT2D eigenvalue weighted by atomic mass is 31.1. The standard InChI is InChI=1S/C29H32NP/c1-20-21(2)23(4)29(22(20)3)27-18-17-24(30(5)6)19-28(27)31(25-13-9-7-10-14-25)26-15-11-8-12-16-26/h7-19,22H,1-6H3. The van der Waals surface area contributed by atoms with E-state index in [4.69, 9.17) is 0 Å². The second-order valence-corrected chi connectivity index (χ2v) is 10.9. The van der Waals surface area contributed by atoms with E-state index in [9.17, 15) is 0 Å². The zero-order chi connectivity index (χ0) is 22.1. The average Bonchev–Trinajstić information content (AvgIpc) is 2.98. The average molecular weight is 426 g/mol. The molecule has 0 bridgehead atoms. The summed E-state index contributed by atoms with van der Waals surface area (Å²) >= 11 is 0. The van der Waals surface area contributed by atoms with Crippen LogP contribution < -0.4 is 20.8 Å². The van der Waals surface area contributed by atoms with Crippen molar-refractivity contribution >= 4 is 35.1 Å². The number of hydrogen-bond acceptors (Lipinski definition) is 1. The van der Waals surface area contributed by atoms with Crippen molar-refractivity contribution < 1.29 is 0 Å². The van der Waals surface area contributed by atoms with Crippen molar-refractivity contribution in [1.82, 2.24) is 0 Å². The van der Waals surface area contributed by atoms with Gasteiger partial charge in [0.2, 0.25) is 0 Å². The van der Waals surface area contributed by atoms with Gasteiger partial charge in [-0.25, -0.2) is 0 Å². The van der Waals surface area contributed by atoms with Gasteiger partial charge in [-0.1, -0.05) is 79.2 Å². The largest absolute Gasteiger partial charge is 0.378 e. The molecule has 2 heteroatoms. The van der Waals surface area contributed by atoms with Gasteiger partial charge in [0.15, 0.2) is 0 Å². The fourth-order valence-electron chi connectivity index (χ4n) is 4.59. The summed E-state index contributed by atoms with van der Waals surface area (Å²) in [7, 11) is 3.59. The van der Waals surface area contributed by atoms with Crippen molar-refractivity contribution in [2.24, 2.45) is 5.92 Å². The summed E-state index contributed by atoms with van der Waals surface area (Å²) in [6.07, 6.45) is 0. The van der Waals surface area contributed by atoms with Gasteiger partial charge in [-0.3, -0.25) is 0 Å². The van der Waals surface area contributed by atoms with Crippen molar-refractivity contribution in [1.29, 1.82) is 0 Å². The number of benzene rings is 3. The van der Waals surface area contributed by atoms with E-state index in [1.165, 1.54) is 49.5 Å². The molecule has 3 aromatic carbocycles. The lowest BCUT2D eigenvalue weighted by Gasteiger charge is -2.27. The monoisotopic (exact) mass is 425 g/mol. The summed E-state index contributed by atoms with van der Waals surface area (Å²) in [6.45, 7) is 9.23. The molecule has 1 nitrogen and oxygen atoms in total. The number of nitrogens with zero attached hydrogens (tertiary/aromatic N) is 1. The Morgan fingerprint density at radius 1 is 0.710 bits per heavy atom. The van der Waals surface area contributed by atoms with E-state index in [0.717, 1.165) is 0 Å². The first-order chi connectivity index (χ1) is 14.9. The number of rotatable bonds is 5. The van der Waals surface area contributed by atoms with Crippen LogP contribution in [0.2, 0.25) is 0 Å². The molecular weight excluding hydrogens is 393 g/mol. The number of anilines is 1. The highest BCUT2D eigenvalue weighted by Gasteiger charge is 2.29. The molecule has 0 N–H and O–H groups in total. The van der Waals surface area contributed by atoms with E-state index in [0.29, 0.717) is 5.92 Å². The Bertz CT molecular complexity index is 1100. The molecule has 31 heavy (non-hydrogen) atoms. The van der Waals surface area contributed by atoms with Gasteiger partial charge in [0, 0.05) is 25.7 Å². The van der Waals surface area contributed by atoms with Crippen LogP contribution in [0.25, 0.3) is 5.57 Å². The predicted octanol–water partition coefficient (Wildman–Crippen LogP) is 6.27. The van der Waals surface area contributed by atoms with Crippen molar-refractivity contribution in [2.75, 3.05) is 19.0 Å². The third-order valence-corrected chi connectivity index (χ3v) is 9.18. The summed E-state index contributed by atoms with van der Waals surface area (Å²) in [4.78, 5) is 2.21. The second-order valence-electron chi connectivity index (χ2n) is 8.67. The van der Waals surface area contributed by atoms with Crippen molar-refractivity contribution in [3.8, 4) is 0 Å². The zero-order valence-corrected chi connectivity index (χ0v) is 20.4. The summed E-state index contributed by atoms with van der Waals surface area (Å²) < 4.78 is 0. The van der Waals surface area contributed by atoms with Gasteiger partial charge in [0.25, 0.3) is 0 Å². The van der Waals surface area contributed by atoms with Crippen LogP contribution in [0.1, 0.15) is 33.3 Å². The zero-order valence-electron chi connectivity index (χ0n) is 19.5. The van der Waals surface area contributed by atoms with Gasteiger partial charge < -0.3 is 4.90 Å². The molecule has 0 saturated heterocycles. The van der Waals surface area contributed by atoms with Gasteiger partial charge in [-0.15, -0.1) is 0 Å². The summed E-state index contributed by atoms with van der Waals surface area (Å²) in [5.74, 6) is 0.451. The number of hydrogen-bond donors (Lipinski definition) is 0. The molecule has 0 radical (unpaired) electrons. The lowest BCUT2D eigenvalue weighted by Crippen LogP contribution is -2.25. The Morgan fingerprint density at radius 2 is 1.26 bits per heavy atom. The number of allylic oxidation sites excluding steroid dienone is 4. The smallest absolute Gasteiger partial charge is 0.0368 e. The van der Waals surface area contributed by atoms with Crippen molar-refractivity contribution in [2.45, 2.75) is 27.7 Å². The molecule has 4 rings (SSSR count). The van der Waals surface area contributed by atoms with Crippen LogP contribution in [0.4, 0.5) is 5.69 Å². The predicted molar refractivity (Wildman–Crippen MR) is 140 cm³/mol. The van der Waals surface area contributed by atoms with E-state index in [2.05, 4.69) is 126 Å². The molecule has 0 spiro atoms. The fraction of sp³-hybridized carbons (Fsp3) is 0.241. The Kier molecular flexibility index (Phi) is 6.17. The van der Waals surface area contributed by atoms with Crippen LogP contribution >= 0.6 is 7.92 Å². The van der Waals surface area contributed by atoms with Crippen molar-refractivity contribution in [3.63, 3.8) is 0 Å². The Hall–Kier alpha value is -2.63. The van der Waals surface area contributed by atoms with Gasteiger partial charge in [-0.2, -0.15) is 0 Å². The molecule has 158 valence electrons. The Labute approximate surface area is 188 Å². The molecule has 1 aliphatic rings. The third kappa shape index (κ3) is 4.00.